The molecular formula is C15H12FN3O2. The standard InChI is InChI=1S/C15H12FN3O2/c1-8-4-10(6-11(16)5-8)14-18-15(21-19-14)9-2-3-12(17)13(20)7-9/h2-7,20H,17H2,1H3. The maximum Gasteiger partial charge on any atom is 0.258 e. The van der Waals surface area contributed by atoms with E-state index in [0.29, 0.717) is 11.1 Å². The summed E-state index contributed by atoms with van der Waals surface area (Å²) in [5, 5.41) is 13.4. The first-order valence-electron chi connectivity index (χ1n) is 6.23. The summed E-state index contributed by atoms with van der Waals surface area (Å²) in [6, 6.07) is 9.15. The van der Waals surface area contributed by atoms with E-state index in [0.717, 1.165) is 5.56 Å². The minimum atomic E-state index is -0.360. The summed E-state index contributed by atoms with van der Waals surface area (Å²) in [4.78, 5) is 4.21. The smallest absolute Gasteiger partial charge is 0.258 e. The normalized spacial score (nSPS) is 10.8. The lowest BCUT2D eigenvalue weighted by molar-refractivity contribution is 0.431. The lowest BCUT2D eigenvalue weighted by atomic mass is 10.1. The van der Waals surface area contributed by atoms with Gasteiger partial charge in [-0.05, 0) is 48.9 Å². The molecule has 3 rings (SSSR count). The van der Waals surface area contributed by atoms with E-state index in [9.17, 15) is 9.50 Å². The van der Waals surface area contributed by atoms with Gasteiger partial charge in [0.05, 0.1) is 5.69 Å². The first-order chi connectivity index (χ1) is 10.0. The van der Waals surface area contributed by atoms with Crippen LogP contribution in [0.1, 0.15) is 5.56 Å². The van der Waals surface area contributed by atoms with Gasteiger partial charge in [-0.1, -0.05) is 5.16 Å². The fraction of sp³-hybridized carbons (Fsp3) is 0.0667. The number of anilines is 1. The average Bonchev–Trinajstić information content (AvgIpc) is 2.90. The molecule has 1 aromatic heterocycles. The van der Waals surface area contributed by atoms with Crippen LogP contribution in [-0.4, -0.2) is 15.2 Å². The molecule has 0 aliphatic heterocycles. The van der Waals surface area contributed by atoms with Gasteiger partial charge in [0.15, 0.2) is 0 Å². The molecule has 0 radical (unpaired) electrons. The molecule has 0 bridgehead atoms. The molecule has 1 heterocycles. The van der Waals surface area contributed by atoms with Crippen LogP contribution in [0.2, 0.25) is 0 Å². The third-order valence-electron chi connectivity index (χ3n) is 3.00. The Morgan fingerprint density at radius 1 is 1.14 bits per heavy atom. The number of halogens is 1. The lowest BCUT2D eigenvalue weighted by Crippen LogP contribution is -1.87. The zero-order valence-corrected chi connectivity index (χ0v) is 11.2. The third kappa shape index (κ3) is 2.55. The van der Waals surface area contributed by atoms with Gasteiger partial charge in [-0.2, -0.15) is 4.98 Å². The van der Waals surface area contributed by atoms with Crippen molar-refractivity contribution in [3.05, 3.63) is 47.8 Å². The number of hydrogen-bond acceptors (Lipinski definition) is 5. The number of phenols is 1. The fourth-order valence-electron chi connectivity index (χ4n) is 2.00. The Bertz CT molecular complexity index is 794. The zero-order chi connectivity index (χ0) is 15.0. The van der Waals surface area contributed by atoms with Crippen molar-refractivity contribution in [3.63, 3.8) is 0 Å². The quantitative estimate of drug-likeness (QED) is 0.558. The van der Waals surface area contributed by atoms with Crippen molar-refractivity contribution < 1.29 is 14.0 Å². The van der Waals surface area contributed by atoms with Gasteiger partial charge in [-0.3, -0.25) is 0 Å². The molecule has 2 aromatic carbocycles. The Kier molecular flexibility index (Phi) is 3.06. The molecule has 0 saturated heterocycles. The maximum atomic E-state index is 13.4. The van der Waals surface area contributed by atoms with Crippen LogP contribution in [0, 0.1) is 12.7 Å². The van der Waals surface area contributed by atoms with Crippen LogP contribution in [0.15, 0.2) is 40.9 Å². The number of nitrogens with two attached hydrogens (primary N) is 1. The molecule has 5 nitrogen and oxygen atoms in total. The molecule has 0 unspecified atom stereocenters. The third-order valence-corrected chi connectivity index (χ3v) is 3.00. The molecule has 6 heteroatoms. The van der Waals surface area contributed by atoms with Gasteiger partial charge in [-0.25, -0.2) is 4.39 Å². The number of aromatic hydroxyl groups is 1. The molecule has 21 heavy (non-hydrogen) atoms. The number of nitrogens with zero attached hydrogens (tertiary/aromatic N) is 2. The summed E-state index contributed by atoms with van der Waals surface area (Å²) in [6.07, 6.45) is 0. The SMILES string of the molecule is Cc1cc(F)cc(-c2noc(-c3ccc(N)c(O)c3)n2)c1. The van der Waals surface area contributed by atoms with Crippen LogP contribution in [-0.2, 0) is 0 Å². The summed E-state index contributed by atoms with van der Waals surface area (Å²) < 4.78 is 18.6. The predicted octanol–water partition coefficient (Wildman–Crippen LogP) is 3.14. The summed E-state index contributed by atoms with van der Waals surface area (Å²) in [7, 11) is 0. The Hall–Kier alpha value is -2.89. The molecular weight excluding hydrogens is 273 g/mol. The predicted molar refractivity (Wildman–Crippen MR) is 75.9 cm³/mol. The minimum absolute atomic E-state index is 0.0612. The van der Waals surface area contributed by atoms with E-state index < -0.39 is 0 Å². The number of benzene rings is 2. The van der Waals surface area contributed by atoms with Crippen molar-refractivity contribution in [1.82, 2.24) is 10.1 Å². The highest BCUT2D eigenvalue weighted by molar-refractivity contribution is 5.65. The number of rotatable bonds is 2. The van der Waals surface area contributed by atoms with Crippen molar-refractivity contribution in [2.45, 2.75) is 6.92 Å². The topological polar surface area (TPSA) is 85.2 Å². The van der Waals surface area contributed by atoms with E-state index in [1.54, 1.807) is 25.1 Å². The number of hydrogen-bond donors (Lipinski definition) is 2. The van der Waals surface area contributed by atoms with Crippen LogP contribution in [0.25, 0.3) is 22.8 Å². The van der Waals surface area contributed by atoms with Crippen LogP contribution in [0.4, 0.5) is 10.1 Å². The van der Waals surface area contributed by atoms with Crippen molar-refractivity contribution >= 4 is 5.69 Å². The van der Waals surface area contributed by atoms with E-state index in [1.165, 1.54) is 18.2 Å². The van der Waals surface area contributed by atoms with Crippen LogP contribution < -0.4 is 5.73 Å². The molecule has 0 aliphatic carbocycles. The maximum absolute atomic E-state index is 13.4. The van der Waals surface area contributed by atoms with Gasteiger partial charge in [0, 0.05) is 11.1 Å². The first kappa shape index (κ1) is 13.1. The van der Waals surface area contributed by atoms with E-state index in [1.807, 2.05) is 0 Å². The van der Waals surface area contributed by atoms with Crippen molar-refractivity contribution in [2.75, 3.05) is 5.73 Å². The molecule has 0 saturated carbocycles. The Morgan fingerprint density at radius 2 is 1.95 bits per heavy atom. The Balaban J connectivity index is 2.01. The average molecular weight is 285 g/mol. The molecule has 0 fully saturated rings. The second-order valence-electron chi connectivity index (χ2n) is 4.71. The largest absolute Gasteiger partial charge is 0.506 e. The zero-order valence-electron chi connectivity index (χ0n) is 11.2. The summed E-state index contributed by atoms with van der Waals surface area (Å²) in [6.45, 7) is 1.78. The van der Waals surface area contributed by atoms with Crippen LogP contribution in [0.5, 0.6) is 5.75 Å². The van der Waals surface area contributed by atoms with Gasteiger partial charge in [-0.15, -0.1) is 0 Å². The van der Waals surface area contributed by atoms with Crippen LogP contribution >= 0.6 is 0 Å². The monoisotopic (exact) mass is 285 g/mol. The van der Waals surface area contributed by atoms with E-state index >= 15 is 0 Å². The lowest BCUT2D eigenvalue weighted by Gasteiger charge is -1.99. The molecule has 0 aliphatic rings. The van der Waals surface area contributed by atoms with Gasteiger partial charge >= 0.3 is 0 Å². The van der Waals surface area contributed by atoms with Gasteiger partial charge < -0.3 is 15.4 Å². The fourth-order valence-corrected chi connectivity index (χ4v) is 2.00. The highest BCUT2D eigenvalue weighted by Gasteiger charge is 2.13. The van der Waals surface area contributed by atoms with Crippen LogP contribution in [0.3, 0.4) is 0 Å². The molecule has 3 N–H and O–H groups in total. The van der Waals surface area contributed by atoms with Crippen molar-refractivity contribution in [3.8, 4) is 28.6 Å². The Morgan fingerprint density at radius 3 is 2.67 bits per heavy atom. The molecule has 3 aromatic rings. The second-order valence-corrected chi connectivity index (χ2v) is 4.71. The molecule has 106 valence electrons. The molecule has 0 atom stereocenters. The second kappa shape index (κ2) is 4.90. The summed E-state index contributed by atoms with van der Waals surface area (Å²) in [5.41, 5.74) is 7.63. The molecule has 0 spiro atoms. The molecule has 0 amide bonds. The van der Waals surface area contributed by atoms with E-state index in [2.05, 4.69) is 10.1 Å². The number of aromatic nitrogens is 2. The highest BCUT2D eigenvalue weighted by atomic mass is 19.1. The summed E-state index contributed by atoms with van der Waals surface area (Å²) >= 11 is 0. The highest BCUT2D eigenvalue weighted by Crippen LogP contribution is 2.28. The van der Waals surface area contributed by atoms with Crippen molar-refractivity contribution in [1.29, 1.82) is 0 Å². The van der Waals surface area contributed by atoms with Gasteiger partial charge in [0.2, 0.25) is 5.82 Å². The number of nitrogen functional groups attached to an aromatic ring is 1. The van der Waals surface area contributed by atoms with Gasteiger partial charge in [0.25, 0.3) is 5.89 Å². The summed E-state index contributed by atoms with van der Waals surface area (Å²) in [5.74, 6) is 0.0847. The minimum Gasteiger partial charge on any atom is -0.506 e. The number of phenolic OH excluding ortho intramolecular Hbond substituents is 1. The van der Waals surface area contributed by atoms with Gasteiger partial charge in [0.1, 0.15) is 11.6 Å². The Labute approximate surface area is 119 Å². The number of aryl methyl sites for hydroxylation is 1. The van der Waals surface area contributed by atoms with E-state index in [-0.39, 0.29) is 29.0 Å². The first-order valence-corrected chi connectivity index (χ1v) is 6.23. The van der Waals surface area contributed by atoms with E-state index in [4.69, 9.17) is 10.3 Å². The van der Waals surface area contributed by atoms with Crippen molar-refractivity contribution in [2.24, 2.45) is 0 Å².